The number of rotatable bonds is 3. The molecule has 1 rings (SSSR count). The Morgan fingerprint density at radius 1 is 1.53 bits per heavy atom. The number of carboxylic acids is 1. The zero-order valence-electron chi connectivity index (χ0n) is 8.22. The predicted molar refractivity (Wildman–Crippen MR) is 51.2 cm³/mol. The number of likely N-dealkylation sites (tertiary alicyclic amines) is 1. The molecule has 0 aromatic rings. The van der Waals surface area contributed by atoms with Crippen LogP contribution in [-0.2, 0) is 4.79 Å². The Morgan fingerprint density at radius 3 is 2.73 bits per heavy atom. The van der Waals surface area contributed by atoms with Crippen LogP contribution in [0.4, 0.5) is 4.79 Å². The number of carboxylic acid groups (broad SMARTS) is 1. The van der Waals surface area contributed by atoms with Crippen LogP contribution in [0.1, 0.15) is 6.42 Å². The highest BCUT2D eigenvalue weighted by molar-refractivity contribution is 5.83. The number of carbonyl (C=O) groups is 2. The van der Waals surface area contributed by atoms with E-state index in [0.29, 0.717) is 6.54 Å². The smallest absolute Gasteiger partial charge is 0.326 e. The lowest BCUT2D eigenvalue weighted by Crippen LogP contribution is -2.47. The molecule has 0 aliphatic carbocycles. The van der Waals surface area contributed by atoms with Gasteiger partial charge in [0.25, 0.3) is 0 Å². The molecule has 0 spiro atoms. The fraction of sp³-hybridized carbons (Fsp3) is 0.750. The van der Waals surface area contributed by atoms with Gasteiger partial charge in [-0.3, -0.25) is 0 Å². The molecule has 0 aromatic carbocycles. The van der Waals surface area contributed by atoms with Gasteiger partial charge >= 0.3 is 12.0 Å². The van der Waals surface area contributed by atoms with Gasteiger partial charge in [-0.15, -0.1) is 0 Å². The van der Waals surface area contributed by atoms with Crippen LogP contribution >= 0.6 is 0 Å². The van der Waals surface area contributed by atoms with E-state index >= 15 is 0 Å². The molecule has 0 aromatic heterocycles. The number of β-amino-alcohol motifs (C(OH)–C–C–N with tert-alkyl or cyclic N) is 1. The van der Waals surface area contributed by atoms with Crippen LogP contribution < -0.4 is 11.1 Å². The second kappa shape index (κ2) is 4.94. The van der Waals surface area contributed by atoms with E-state index in [1.54, 1.807) is 0 Å². The topological polar surface area (TPSA) is 116 Å². The predicted octanol–water partition coefficient (Wildman–Crippen LogP) is -1.83. The summed E-state index contributed by atoms with van der Waals surface area (Å²) in [5.74, 6) is -1.10. The van der Waals surface area contributed by atoms with Gasteiger partial charge in [-0.25, -0.2) is 9.59 Å². The molecule has 5 N–H and O–H groups in total. The maximum absolute atomic E-state index is 11.4. The first kappa shape index (κ1) is 11.7. The number of nitrogens with one attached hydrogen (secondary N) is 1. The molecule has 0 radical (unpaired) electrons. The molecule has 1 heterocycles. The highest BCUT2D eigenvalue weighted by Crippen LogP contribution is 2.17. The average Bonchev–Trinajstić information content (AvgIpc) is 2.57. The summed E-state index contributed by atoms with van der Waals surface area (Å²) in [6.07, 6.45) is -0.694. The number of amides is 2. The number of aliphatic hydroxyl groups is 1. The van der Waals surface area contributed by atoms with Crippen LogP contribution in [0.2, 0.25) is 0 Å². The molecule has 1 fully saturated rings. The van der Waals surface area contributed by atoms with Crippen molar-refractivity contribution in [2.75, 3.05) is 19.6 Å². The summed E-state index contributed by atoms with van der Waals surface area (Å²) in [6, 6.07) is -1.44. The van der Waals surface area contributed by atoms with Crippen LogP contribution in [0.5, 0.6) is 0 Å². The SMILES string of the molecule is NCCNC(=O)N1C[C@@H](O)C[C@H]1C(=O)O. The van der Waals surface area contributed by atoms with Crippen molar-refractivity contribution in [2.45, 2.75) is 18.6 Å². The standard InChI is InChI=1S/C8H15N3O4/c9-1-2-10-8(15)11-4-5(12)3-6(11)7(13)14/h5-6,12H,1-4,9H2,(H,10,15)(H,13,14)/t5-,6-/m0/s1. The summed E-state index contributed by atoms with van der Waals surface area (Å²) in [6.45, 7) is 0.630. The number of urea groups is 1. The highest BCUT2D eigenvalue weighted by atomic mass is 16.4. The van der Waals surface area contributed by atoms with Gasteiger partial charge in [-0.2, -0.15) is 0 Å². The third-order valence-electron chi connectivity index (χ3n) is 2.25. The summed E-state index contributed by atoms with van der Waals surface area (Å²) in [7, 11) is 0. The molecule has 15 heavy (non-hydrogen) atoms. The molecule has 2 atom stereocenters. The van der Waals surface area contributed by atoms with E-state index in [1.807, 2.05) is 0 Å². The van der Waals surface area contributed by atoms with Crippen molar-refractivity contribution < 1.29 is 19.8 Å². The van der Waals surface area contributed by atoms with Gasteiger partial charge in [-0.05, 0) is 0 Å². The second-order valence-corrected chi connectivity index (χ2v) is 3.42. The van der Waals surface area contributed by atoms with E-state index in [9.17, 15) is 14.7 Å². The number of hydrogen-bond donors (Lipinski definition) is 4. The lowest BCUT2D eigenvalue weighted by atomic mass is 10.2. The Morgan fingerprint density at radius 2 is 2.20 bits per heavy atom. The molecule has 1 saturated heterocycles. The summed E-state index contributed by atoms with van der Waals surface area (Å²) in [5, 5.41) is 20.6. The van der Waals surface area contributed by atoms with Crippen molar-refractivity contribution in [1.29, 1.82) is 0 Å². The summed E-state index contributed by atoms with van der Waals surface area (Å²) in [4.78, 5) is 23.3. The largest absolute Gasteiger partial charge is 0.480 e. The van der Waals surface area contributed by atoms with Crippen LogP contribution in [0.15, 0.2) is 0 Å². The molecule has 7 heteroatoms. The number of aliphatic carboxylic acids is 1. The van der Waals surface area contributed by atoms with E-state index in [0.717, 1.165) is 4.90 Å². The third-order valence-corrected chi connectivity index (χ3v) is 2.25. The summed E-state index contributed by atoms with van der Waals surface area (Å²) in [5.41, 5.74) is 5.20. The molecule has 7 nitrogen and oxygen atoms in total. The van der Waals surface area contributed by atoms with Gasteiger partial charge < -0.3 is 26.2 Å². The van der Waals surface area contributed by atoms with E-state index in [2.05, 4.69) is 5.32 Å². The van der Waals surface area contributed by atoms with Crippen LogP contribution in [0.3, 0.4) is 0 Å². The van der Waals surface area contributed by atoms with Gasteiger partial charge in [0.15, 0.2) is 0 Å². The first-order valence-corrected chi connectivity index (χ1v) is 4.71. The van der Waals surface area contributed by atoms with Crippen molar-refractivity contribution >= 4 is 12.0 Å². The molecule has 0 unspecified atom stereocenters. The lowest BCUT2D eigenvalue weighted by molar-refractivity contribution is -0.141. The second-order valence-electron chi connectivity index (χ2n) is 3.42. The quantitative estimate of drug-likeness (QED) is 0.444. The Labute approximate surface area is 86.8 Å². The van der Waals surface area contributed by atoms with E-state index in [1.165, 1.54) is 0 Å². The van der Waals surface area contributed by atoms with Crippen LogP contribution in [0.25, 0.3) is 0 Å². The Balaban J connectivity index is 2.58. The molecule has 0 bridgehead atoms. The highest BCUT2D eigenvalue weighted by Gasteiger charge is 2.38. The average molecular weight is 217 g/mol. The molecular formula is C8H15N3O4. The summed E-state index contributed by atoms with van der Waals surface area (Å²) >= 11 is 0. The van der Waals surface area contributed by atoms with Crippen molar-refractivity contribution in [3.8, 4) is 0 Å². The Bertz CT molecular complexity index is 258. The van der Waals surface area contributed by atoms with Crippen molar-refractivity contribution in [1.82, 2.24) is 10.2 Å². The maximum Gasteiger partial charge on any atom is 0.326 e. The molecule has 0 saturated carbocycles. The molecular weight excluding hydrogens is 202 g/mol. The first-order chi connectivity index (χ1) is 7.06. The fourth-order valence-corrected chi connectivity index (χ4v) is 1.55. The summed E-state index contributed by atoms with van der Waals surface area (Å²) < 4.78 is 0. The number of nitrogens with two attached hydrogens (primary N) is 1. The van der Waals surface area contributed by atoms with Gasteiger partial charge in [0.1, 0.15) is 6.04 Å². The Kier molecular flexibility index (Phi) is 3.87. The molecule has 1 aliphatic heterocycles. The van der Waals surface area contributed by atoms with Gasteiger partial charge in [0, 0.05) is 26.1 Å². The zero-order valence-corrected chi connectivity index (χ0v) is 8.22. The van der Waals surface area contributed by atoms with Gasteiger partial charge in [0.2, 0.25) is 0 Å². The fourth-order valence-electron chi connectivity index (χ4n) is 1.55. The maximum atomic E-state index is 11.4. The first-order valence-electron chi connectivity index (χ1n) is 4.71. The minimum atomic E-state index is -1.10. The van der Waals surface area contributed by atoms with Gasteiger partial charge in [0.05, 0.1) is 6.10 Å². The van der Waals surface area contributed by atoms with Crippen molar-refractivity contribution in [3.05, 3.63) is 0 Å². The van der Waals surface area contributed by atoms with Crippen molar-refractivity contribution in [2.24, 2.45) is 5.73 Å². The Hall–Kier alpha value is -1.34. The number of nitrogens with zero attached hydrogens (tertiary/aromatic N) is 1. The molecule has 1 aliphatic rings. The number of aliphatic hydroxyl groups excluding tert-OH is 1. The molecule has 86 valence electrons. The number of carbonyl (C=O) groups excluding carboxylic acids is 1. The third kappa shape index (κ3) is 2.80. The minimum Gasteiger partial charge on any atom is -0.480 e. The lowest BCUT2D eigenvalue weighted by Gasteiger charge is -2.21. The minimum absolute atomic E-state index is 0.0490. The van der Waals surface area contributed by atoms with Crippen LogP contribution in [0, 0.1) is 0 Å². The molecule has 2 amide bonds. The van der Waals surface area contributed by atoms with E-state index < -0.39 is 24.1 Å². The van der Waals surface area contributed by atoms with Gasteiger partial charge in [-0.1, -0.05) is 0 Å². The zero-order chi connectivity index (χ0) is 11.4. The van der Waals surface area contributed by atoms with E-state index in [4.69, 9.17) is 10.8 Å². The normalized spacial score (nSPS) is 25.3. The monoisotopic (exact) mass is 217 g/mol. The van der Waals surface area contributed by atoms with Crippen molar-refractivity contribution in [3.63, 3.8) is 0 Å². The van der Waals surface area contributed by atoms with E-state index in [-0.39, 0.29) is 19.5 Å². The number of hydrogen-bond acceptors (Lipinski definition) is 4. The van der Waals surface area contributed by atoms with Crippen LogP contribution in [-0.4, -0.2) is 58.9 Å².